The Morgan fingerprint density at radius 1 is 1.17 bits per heavy atom. The highest BCUT2D eigenvalue weighted by atomic mass is 16.2. The van der Waals surface area contributed by atoms with Crippen LogP contribution in [-0.2, 0) is 10.2 Å². The van der Waals surface area contributed by atoms with Crippen molar-refractivity contribution in [2.75, 3.05) is 34.2 Å². The highest BCUT2D eigenvalue weighted by Gasteiger charge is 2.35. The van der Waals surface area contributed by atoms with E-state index >= 15 is 0 Å². The van der Waals surface area contributed by atoms with Gasteiger partial charge in [-0.15, -0.1) is 0 Å². The lowest BCUT2D eigenvalue weighted by Crippen LogP contribution is -2.45. The molecule has 0 bridgehead atoms. The van der Waals surface area contributed by atoms with Crippen molar-refractivity contribution < 1.29 is 4.79 Å². The van der Waals surface area contributed by atoms with E-state index in [0.29, 0.717) is 13.0 Å². The summed E-state index contributed by atoms with van der Waals surface area (Å²) in [5.74, 6) is 0.887. The number of amides is 1. The van der Waals surface area contributed by atoms with Gasteiger partial charge in [-0.25, -0.2) is 0 Å². The van der Waals surface area contributed by atoms with Crippen LogP contribution in [0.5, 0.6) is 0 Å². The van der Waals surface area contributed by atoms with Crippen LogP contribution < -0.4 is 10.6 Å². The van der Waals surface area contributed by atoms with Gasteiger partial charge in [-0.3, -0.25) is 9.79 Å². The summed E-state index contributed by atoms with van der Waals surface area (Å²) in [5.41, 5.74) is 1.60. The van der Waals surface area contributed by atoms with Crippen LogP contribution in [0, 0.1) is 0 Å². The maximum Gasteiger partial charge on any atom is 0.223 e. The Morgan fingerprint density at radius 2 is 1.83 bits per heavy atom. The summed E-state index contributed by atoms with van der Waals surface area (Å²) in [7, 11) is 5.32. The molecule has 5 heteroatoms. The normalized spacial score (nSPS) is 16.7. The van der Waals surface area contributed by atoms with Crippen molar-refractivity contribution in [2.24, 2.45) is 4.99 Å². The summed E-state index contributed by atoms with van der Waals surface area (Å²) in [5, 5.41) is 6.71. The molecule has 1 fully saturated rings. The van der Waals surface area contributed by atoms with Crippen LogP contribution in [0.4, 0.5) is 0 Å². The van der Waals surface area contributed by atoms with E-state index in [2.05, 4.69) is 46.0 Å². The van der Waals surface area contributed by atoms with E-state index in [1.807, 2.05) is 0 Å². The van der Waals surface area contributed by atoms with Gasteiger partial charge >= 0.3 is 0 Å². The van der Waals surface area contributed by atoms with Gasteiger partial charge in [-0.2, -0.15) is 0 Å². The molecule has 1 amide bonds. The topological polar surface area (TPSA) is 56.7 Å². The predicted molar refractivity (Wildman–Crippen MR) is 99.3 cm³/mol. The van der Waals surface area contributed by atoms with E-state index in [0.717, 1.165) is 12.5 Å². The molecule has 5 nitrogen and oxygen atoms in total. The van der Waals surface area contributed by atoms with Crippen LogP contribution >= 0.6 is 0 Å². The molecule has 0 atom stereocenters. The lowest BCUT2D eigenvalue weighted by molar-refractivity contribution is -0.128. The molecule has 1 aromatic rings. The van der Waals surface area contributed by atoms with Crippen LogP contribution in [0.3, 0.4) is 0 Å². The molecule has 0 aromatic heterocycles. The van der Waals surface area contributed by atoms with Crippen molar-refractivity contribution in [1.29, 1.82) is 0 Å². The average molecular weight is 330 g/mol. The van der Waals surface area contributed by atoms with Crippen molar-refractivity contribution in [3.05, 3.63) is 35.9 Å². The van der Waals surface area contributed by atoms with Gasteiger partial charge in [0, 0.05) is 46.1 Å². The molecule has 0 saturated heterocycles. The molecule has 0 unspecified atom stereocenters. The molecule has 1 aliphatic rings. The van der Waals surface area contributed by atoms with E-state index in [1.165, 1.54) is 31.2 Å². The predicted octanol–water partition coefficient (Wildman–Crippen LogP) is 2.14. The highest BCUT2D eigenvalue weighted by Crippen LogP contribution is 2.40. The summed E-state index contributed by atoms with van der Waals surface area (Å²) < 4.78 is 0. The first-order valence-electron chi connectivity index (χ1n) is 8.77. The fourth-order valence-electron chi connectivity index (χ4n) is 3.40. The summed E-state index contributed by atoms with van der Waals surface area (Å²) in [4.78, 5) is 17.5. The van der Waals surface area contributed by atoms with Gasteiger partial charge in [-0.1, -0.05) is 43.2 Å². The summed E-state index contributed by atoms with van der Waals surface area (Å²) in [6.45, 7) is 1.47. The van der Waals surface area contributed by atoms with Crippen LogP contribution in [0.2, 0.25) is 0 Å². The fourth-order valence-corrected chi connectivity index (χ4v) is 3.40. The third-order valence-electron chi connectivity index (χ3n) is 4.89. The molecule has 2 N–H and O–H groups in total. The molecule has 0 spiro atoms. The molecule has 24 heavy (non-hydrogen) atoms. The number of benzene rings is 1. The maximum absolute atomic E-state index is 11.6. The summed E-state index contributed by atoms with van der Waals surface area (Å²) >= 11 is 0. The van der Waals surface area contributed by atoms with E-state index in [1.54, 1.807) is 26.0 Å². The average Bonchev–Trinajstić information content (AvgIpc) is 3.08. The standard InChI is InChI=1S/C19H30N4O/c1-20-18(21-14-11-17(24)23(2)3)22-15-19(12-7-8-13-19)16-9-5-4-6-10-16/h4-6,9-10H,7-8,11-15H2,1-3H3,(H2,20,21,22). The fraction of sp³-hybridized carbons (Fsp3) is 0.579. The number of nitrogens with zero attached hydrogens (tertiary/aromatic N) is 2. The Bertz CT molecular complexity index is 548. The summed E-state index contributed by atoms with van der Waals surface area (Å²) in [6, 6.07) is 10.8. The molecule has 2 rings (SSSR count). The molecule has 132 valence electrons. The maximum atomic E-state index is 11.6. The Balaban J connectivity index is 1.90. The second-order valence-electron chi connectivity index (χ2n) is 6.74. The minimum Gasteiger partial charge on any atom is -0.356 e. The molecule has 1 aliphatic carbocycles. The van der Waals surface area contributed by atoms with Crippen LogP contribution in [0.1, 0.15) is 37.7 Å². The molecule has 0 radical (unpaired) electrons. The number of rotatable bonds is 6. The zero-order valence-electron chi connectivity index (χ0n) is 15.1. The van der Waals surface area contributed by atoms with Gasteiger partial charge in [0.05, 0.1) is 0 Å². The monoisotopic (exact) mass is 330 g/mol. The van der Waals surface area contributed by atoms with E-state index in [4.69, 9.17) is 0 Å². The van der Waals surface area contributed by atoms with Gasteiger partial charge < -0.3 is 15.5 Å². The molecular weight excluding hydrogens is 300 g/mol. The SMILES string of the molecule is CN=C(NCCC(=O)N(C)C)NCC1(c2ccccc2)CCCC1. The second kappa shape index (κ2) is 8.71. The first-order valence-corrected chi connectivity index (χ1v) is 8.77. The number of aliphatic imine (C=N–C) groups is 1. The van der Waals surface area contributed by atoms with Gasteiger partial charge in [0.2, 0.25) is 5.91 Å². The van der Waals surface area contributed by atoms with Crippen molar-refractivity contribution in [2.45, 2.75) is 37.5 Å². The minimum absolute atomic E-state index is 0.120. The van der Waals surface area contributed by atoms with Gasteiger partial charge in [0.25, 0.3) is 0 Å². The van der Waals surface area contributed by atoms with E-state index in [9.17, 15) is 4.79 Å². The number of hydrogen-bond acceptors (Lipinski definition) is 2. The van der Waals surface area contributed by atoms with Gasteiger partial charge in [-0.05, 0) is 18.4 Å². The Labute approximate surface area is 145 Å². The number of carbonyl (C=O) groups is 1. The highest BCUT2D eigenvalue weighted by molar-refractivity contribution is 5.81. The lowest BCUT2D eigenvalue weighted by atomic mass is 9.79. The Hall–Kier alpha value is -2.04. The van der Waals surface area contributed by atoms with E-state index in [-0.39, 0.29) is 11.3 Å². The lowest BCUT2D eigenvalue weighted by Gasteiger charge is -2.30. The van der Waals surface area contributed by atoms with Crippen LogP contribution in [-0.4, -0.2) is 51.0 Å². The third-order valence-corrected chi connectivity index (χ3v) is 4.89. The number of nitrogens with one attached hydrogen (secondary N) is 2. The van der Waals surface area contributed by atoms with Crippen LogP contribution in [0.15, 0.2) is 35.3 Å². The number of hydrogen-bond donors (Lipinski definition) is 2. The number of guanidine groups is 1. The van der Waals surface area contributed by atoms with Crippen molar-refractivity contribution in [3.8, 4) is 0 Å². The quantitative estimate of drug-likeness (QED) is 0.621. The Morgan fingerprint density at radius 3 is 2.42 bits per heavy atom. The zero-order chi connectivity index (χ0) is 17.4. The van der Waals surface area contributed by atoms with Gasteiger partial charge in [0.15, 0.2) is 5.96 Å². The molecular formula is C19H30N4O. The van der Waals surface area contributed by atoms with Crippen molar-refractivity contribution >= 4 is 11.9 Å². The molecule has 1 saturated carbocycles. The minimum atomic E-state index is 0.120. The largest absolute Gasteiger partial charge is 0.356 e. The summed E-state index contributed by atoms with van der Waals surface area (Å²) in [6.07, 6.45) is 5.44. The third kappa shape index (κ3) is 4.73. The van der Waals surface area contributed by atoms with Crippen molar-refractivity contribution in [1.82, 2.24) is 15.5 Å². The zero-order valence-corrected chi connectivity index (χ0v) is 15.1. The van der Waals surface area contributed by atoms with E-state index < -0.39 is 0 Å². The molecule has 1 aromatic carbocycles. The van der Waals surface area contributed by atoms with Crippen LogP contribution in [0.25, 0.3) is 0 Å². The molecule has 0 heterocycles. The first-order chi connectivity index (χ1) is 11.6. The first kappa shape index (κ1) is 18.3. The second-order valence-corrected chi connectivity index (χ2v) is 6.74. The molecule has 0 aliphatic heterocycles. The Kier molecular flexibility index (Phi) is 6.64. The van der Waals surface area contributed by atoms with Gasteiger partial charge in [0.1, 0.15) is 0 Å². The van der Waals surface area contributed by atoms with Crippen molar-refractivity contribution in [3.63, 3.8) is 0 Å². The number of carbonyl (C=O) groups excluding carboxylic acids is 1. The smallest absolute Gasteiger partial charge is 0.223 e.